The van der Waals surface area contributed by atoms with Crippen LogP contribution in [0.3, 0.4) is 0 Å². The molecule has 0 aliphatic rings. The van der Waals surface area contributed by atoms with Gasteiger partial charge in [-0.2, -0.15) is 0 Å². The Labute approximate surface area is 578 Å². The first-order valence-corrected chi connectivity index (χ1v) is 34.5. The van der Waals surface area contributed by atoms with E-state index in [2.05, 4.69) is 83.1 Å². The Hall–Kier alpha value is -8.27. The molecule has 9 heteroatoms. The molecule has 6 N–H and O–H groups in total. The molecule has 0 fully saturated rings. The fourth-order valence-electron chi connectivity index (χ4n) is 9.07. The molecule has 9 rings (SSSR count). The Morgan fingerprint density at radius 3 is 1.08 bits per heavy atom. The SMILES string of the molecule is C.C.CCCCCCCCCc1ccc(O)c(CCCCCCCCC)c1.CCc1ccc(C)cc1.Cc1ccc(C)c(O)c1.Cc1ccc(O)c(C)c1.Cc1ccc(O)c(C)c1.Cc1ccc(O)cc1.Cc1ccc(OS(=O)c2ccc(O)cc2)cc1.Cc1ccccc1. The lowest BCUT2D eigenvalue weighted by molar-refractivity contribution is 0.465. The molecule has 95 heavy (non-hydrogen) atoms. The lowest BCUT2D eigenvalue weighted by Gasteiger charge is -2.08. The van der Waals surface area contributed by atoms with Gasteiger partial charge in [-0.3, -0.25) is 0 Å². The third-order valence-corrected chi connectivity index (χ3v) is 16.1. The summed E-state index contributed by atoms with van der Waals surface area (Å²) in [5.41, 5.74) is 15.2. The molecule has 0 aliphatic heterocycles. The molecule has 0 aromatic heterocycles. The number of benzene rings is 9. The zero-order valence-corrected chi connectivity index (χ0v) is 59.3. The third kappa shape index (κ3) is 41.9. The van der Waals surface area contributed by atoms with Crippen LogP contribution in [0, 0.1) is 69.2 Å². The van der Waals surface area contributed by atoms with Crippen LogP contribution in [0.4, 0.5) is 0 Å². The third-order valence-electron chi connectivity index (χ3n) is 15.1. The lowest BCUT2D eigenvalue weighted by Crippen LogP contribution is -2.00. The van der Waals surface area contributed by atoms with Crippen molar-refractivity contribution in [2.45, 2.75) is 219 Å². The molecule has 1 atom stereocenters. The Kier molecular flexibility index (Phi) is 47.5. The molecule has 518 valence electrons. The van der Waals surface area contributed by atoms with Crippen LogP contribution in [0.25, 0.3) is 0 Å². The molecule has 0 amide bonds. The molecule has 1 unspecified atom stereocenters. The van der Waals surface area contributed by atoms with Crippen LogP contribution in [0.15, 0.2) is 205 Å². The maximum Gasteiger partial charge on any atom is 0.240 e. The Morgan fingerprint density at radius 2 is 0.684 bits per heavy atom. The van der Waals surface area contributed by atoms with Crippen molar-refractivity contribution in [3.05, 3.63) is 273 Å². The number of rotatable bonds is 20. The summed E-state index contributed by atoms with van der Waals surface area (Å²) < 4.78 is 17.1. The standard InChI is InChI=1S/C24H42O.C13H12O3S.C9H12.3C8H10O.C7H8O.C7H8.2CH4/c1-3-5-7-9-11-13-15-17-22-19-20-24(25)23(21-22)18-16-14-12-10-8-6-4-2;1-10-2-6-12(7-3-10)16-17(15)13-8-4-11(14)5-9-13;1-3-9-6-4-8(2)5-7-9;2*1-6-3-4-8(9)7(2)5-6;1-6-3-4-7(2)8(9)5-6;1-6-2-4-7(8)5-3-6;1-7-5-3-2-4-6-7;;/h19-21,25H,3-18H2,1-2H3;2-9,14H,1H3;4-7H,3H2,1-2H3;3*3-5,9H,1-2H3;2-5,8H,1H3;2-6H,1H3;2*1H4. The van der Waals surface area contributed by atoms with E-state index in [1.165, 1.54) is 141 Å². The molecule has 9 aromatic rings. The van der Waals surface area contributed by atoms with E-state index in [-0.39, 0.29) is 20.6 Å². The number of hydrogen-bond acceptors (Lipinski definition) is 8. The topological polar surface area (TPSA) is 148 Å². The van der Waals surface area contributed by atoms with Crippen molar-refractivity contribution in [2.75, 3.05) is 0 Å². The molecule has 0 spiro atoms. The Balaban J connectivity index is 0.00000111. The average molecular weight is 1310 g/mol. The van der Waals surface area contributed by atoms with Crippen LogP contribution < -0.4 is 4.18 Å². The van der Waals surface area contributed by atoms with E-state index in [0.717, 1.165) is 52.6 Å². The van der Waals surface area contributed by atoms with E-state index in [4.69, 9.17) is 29.7 Å². The summed E-state index contributed by atoms with van der Waals surface area (Å²) in [6.07, 6.45) is 22.2. The monoisotopic (exact) mass is 1310 g/mol. The molecular formula is C86H120O8S. The molecule has 0 saturated heterocycles. The number of phenols is 6. The van der Waals surface area contributed by atoms with Gasteiger partial charge >= 0.3 is 0 Å². The van der Waals surface area contributed by atoms with Crippen molar-refractivity contribution in [3.63, 3.8) is 0 Å². The summed E-state index contributed by atoms with van der Waals surface area (Å²) in [7, 11) is 0. The second-order valence-electron chi connectivity index (χ2n) is 24.0. The van der Waals surface area contributed by atoms with Gasteiger partial charge in [-0.1, -0.05) is 273 Å². The maximum absolute atomic E-state index is 11.8. The molecule has 0 bridgehead atoms. The van der Waals surface area contributed by atoms with E-state index in [1.807, 2.05) is 140 Å². The maximum atomic E-state index is 11.8. The summed E-state index contributed by atoms with van der Waals surface area (Å²) in [5, 5.41) is 55.2. The molecular weight excluding hydrogens is 1190 g/mol. The second kappa shape index (κ2) is 52.1. The zero-order chi connectivity index (χ0) is 68.8. The minimum atomic E-state index is -1.56. The van der Waals surface area contributed by atoms with Crippen molar-refractivity contribution in [1.29, 1.82) is 0 Å². The van der Waals surface area contributed by atoms with Gasteiger partial charge in [0.2, 0.25) is 11.1 Å². The molecule has 0 heterocycles. The van der Waals surface area contributed by atoms with Crippen LogP contribution >= 0.6 is 0 Å². The van der Waals surface area contributed by atoms with Gasteiger partial charge in [0.1, 0.15) is 40.2 Å². The number of hydrogen-bond donors (Lipinski definition) is 6. The van der Waals surface area contributed by atoms with Gasteiger partial charge in [-0.15, -0.1) is 0 Å². The van der Waals surface area contributed by atoms with Gasteiger partial charge in [-0.25, -0.2) is 4.21 Å². The van der Waals surface area contributed by atoms with Gasteiger partial charge in [0.25, 0.3) is 0 Å². The highest BCUT2D eigenvalue weighted by molar-refractivity contribution is 7.80. The second-order valence-corrected chi connectivity index (χ2v) is 25.1. The molecule has 9 aromatic carbocycles. The quantitative estimate of drug-likeness (QED) is 0.0414. The first-order valence-electron chi connectivity index (χ1n) is 33.4. The molecule has 0 saturated carbocycles. The van der Waals surface area contributed by atoms with Crippen LogP contribution in [0.5, 0.6) is 40.2 Å². The lowest BCUT2D eigenvalue weighted by atomic mass is 9.99. The van der Waals surface area contributed by atoms with Gasteiger partial charge in [0.15, 0.2) is 0 Å². The predicted octanol–water partition coefficient (Wildman–Crippen LogP) is 24.3. The van der Waals surface area contributed by atoms with E-state index in [9.17, 15) is 9.32 Å². The van der Waals surface area contributed by atoms with Crippen molar-refractivity contribution >= 4 is 11.1 Å². The van der Waals surface area contributed by atoms with E-state index in [0.29, 0.717) is 39.4 Å². The number of unbranched alkanes of at least 4 members (excludes halogenated alkanes) is 12. The van der Waals surface area contributed by atoms with Crippen LogP contribution in [0.2, 0.25) is 0 Å². The van der Waals surface area contributed by atoms with Crippen molar-refractivity contribution in [2.24, 2.45) is 0 Å². The number of phenolic OH excluding ortho intramolecular Hbond substituents is 6. The average Bonchev–Trinajstić information content (AvgIpc) is 1.17. The normalized spacial score (nSPS) is 10.1. The highest BCUT2D eigenvalue weighted by Crippen LogP contribution is 2.24. The zero-order valence-electron chi connectivity index (χ0n) is 58.5. The van der Waals surface area contributed by atoms with Gasteiger partial charge in [0, 0.05) is 0 Å². The van der Waals surface area contributed by atoms with Crippen molar-refractivity contribution in [1.82, 2.24) is 0 Å². The minimum absolute atomic E-state index is 0. The van der Waals surface area contributed by atoms with Crippen LogP contribution in [-0.4, -0.2) is 34.8 Å². The minimum Gasteiger partial charge on any atom is -0.508 e. The van der Waals surface area contributed by atoms with Gasteiger partial charge in [-0.05, 0) is 213 Å². The number of aryl methyl sites for hydroxylation is 13. The fourth-order valence-corrected chi connectivity index (χ4v) is 9.81. The highest BCUT2D eigenvalue weighted by atomic mass is 32.2. The van der Waals surface area contributed by atoms with Gasteiger partial charge < -0.3 is 34.8 Å². The summed E-state index contributed by atoms with van der Waals surface area (Å²) in [5.74, 6) is 2.66. The van der Waals surface area contributed by atoms with Crippen LogP contribution in [-0.2, 0) is 30.3 Å². The predicted molar refractivity (Wildman–Crippen MR) is 409 cm³/mol. The van der Waals surface area contributed by atoms with E-state index < -0.39 is 11.1 Å². The molecule has 0 aliphatic carbocycles. The van der Waals surface area contributed by atoms with Crippen LogP contribution in [0.1, 0.15) is 198 Å². The summed E-state index contributed by atoms with van der Waals surface area (Å²) in [4.78, 5) is 0.517. The van der Waals surface area contributed by atoms with E-state index >= 15 is 0 Å². The summed E-state index contributed by atoms with van der Waals surface area (Å²) in [6.45, 7) is 26.5. The number of aromatic hydroxyl groups is 6. The van der Waals surface area contributed by atoms with Crippen molar-refractivity contribution in [3.8, 4) is 40.2 Å². The molecule has 8 nitrogen and oxygen atoms in total. The first-order chi connectivity index (χ1) is 44.5. The first kappa shape index (κ1) is 86.7. The van der Waals surface area contributed by atoms with E-state index in [1.54, 1.807) is 54.6 Å². The van der Waals surface area contributed by atoms with Gasteiger partial charge in [0.05, 0.1) is 4.90 Å². The highest BCUT2D eigenvalue weighted by Gasteiger charge is 2.07. The smallest absolute Gasteiger partial charge is 0.240 e. The van der Waals surface area contributed by atoms with Crippen molar-refractivity contribution < 1.29 is 39.0 Å². The Morgan fingerprint density at radius 1 is 0.316 bits per heavy atom. The molecule has 0 radical (unpaired) electrons. The fraction of sp³-hybridized carbons (Fsp3) is 0.372. The largest absolute Gasteiger partial charge is 0.508 e. The summed E-state index contributed by atoms with van der Waals surface area (Å²) >= 11 is -1.56. The summed E-state index contributed by atoms with van der Waals surface area (Å²) in [6, 6.07) is 62.5. The Bertz CT molecular complexity index is 3260.